The minimum absolute atomic E-state index is 0.00594. The number of carbonyl (C=O) groups excluding carboxylic acids is 2. The highest BCUT2D eigenvalue weighted by molar-refractivity contribution is 5.68. The molecule has 19 atom stereocenters. The number of ether oxygens (including phenoxy) is 5. The van der Waals surface area contributed by atoms with Gasteiger partial charge in [-0.05, 0) is 33.1 Å². The van der Waals surface area contributed by atoms with Gasteiger partial charge in [0, 0.05) is 57.0 Å². The molecule has 1 amide bonds. The predicted octanol–water partition coefficient (Wildman–Crippen LogP) is 2.89. The molecule has 0 radical (unpaired) electrons. The first-order chi connectivity index (χ1) is 33.2. The van der Waals surface area contributed by atoms with Crippen molar-refractivity contribution in [1.82, 2.24) is 5.32 Å². The molecule has 2 fully saturated rings. The summed E-state index contributed by atoms with van der Waals surface area (Å²) in [5.41, 5.74) is 0. The SMILES string of the molecule is C=CCOC(=O)NC1C(O)C(C)OC(OC(/C=C/C=C/C=C/C=C/C=C/C=C/C=C/C(C)C(O)C(C)C(C)OC)CC2OC(O)(CC(O)CC(O)C(O)CCC(O)CC(O)CC=O)CC(O)C2C)C1O. The smallest absolute Gasteiger partial charge is 0.407 e. The second-order valence-corrected chi connectivity index (χ2v) is 18.5. The van der Waals surface area contributed by atoms with Crippen LogP contribution >= 0.6 is 0 Å². The lowest BCUT2D eigenvalue weighted by atomic mass is 9.84. The Bertz CT molecular complexity index is 1720. The number of amides is 1. The van der Waals surface area contributed by atoms with Crippen LogP contribution in [0, 0.1) is 17.8 Å². The third kappa shape index (κ3) is 22.8. The van der Waals surface area contributed by atoms with Crippen LogP contribution in [0.5, 0.6) is 0 Å². The molecule has 0 spiro atoms. The molecule has 18 nitrogen and oxygen atoms in total. The van der Waals surface area contributed by atoms with Gasteiger partial charge >= 0.3 is 6.09 Å². The van der Waals surface area contributed by atoms with Crippen LogP contribution in [0.25, 0.3) is 0 Å². The summed E-state index contributed by atoms with van der Waals surface area (Å²) in [6, 6.07) is -1.26. The number of hydrogen-bond donors (Lipinski definition) is 11. The van der Waals surface area contributed by atoms with E-state index in [4.69, 9.17) is 23.7 Å². The van der Waals surface area contributed by atoms with Gasteiger partial charge in [-0.3, -0.25) is 0 Å². The number of nitrogens with one attached hydrogen (secondary N) is 1. The Morgan fingerprint density at radius 2 is 1.39 bits per heavy atom. The van der Waals surface area contributed by atoms with Crippen molar-refractivity contribution in [2.75, 3.05) is 13.7 Å². The van der Waals surface area contributed by atoms with Crippen molar-refractivity contribution in [3.8, 4) is 0 Å². The van der Waals surface area contributed by atoms with Crippen molar-refractivity contribution in [2.45, 2.75) is 183 Å². The topological polar surface area (TPSA) is 295 Å². The average Bonchev–Trinajstić information content (AvgIpc) is 3.31. The summed E-state index contributed by atoms with van der Waals surface area (Å²) in [4.78, 5) is 23.0. The Kier molecular flexibility index (Phi) is 29.5. The monoisotopic (exact) mass is 994 g/mol. The Morgan fingerprint density at radius 1 is 0.800 bits per heavy atom. The molecule has 11 N–H and O–H groups in total. The van der Waals surface area contributed by atoms with Gasteiger partial charge in [-0.25, -0.2) is 4.79 Å². The van der Waals surface area contributed by atoms with E-state index >= 15 is 0 Å². The van der Waals surface area contributed by atoms with Crippen LogP contribution in [-0.4, -0.2) is 175 Å². The second-order valence-electron chi connectivity index (χ2n) is 18.5. The van der Waals surface area contributed by atoms with E-state index in [-0.39, 0.29) is 69.5 Å². The van der Waals surface area contributed by atoms with Gasteiger partial charge in [-0.15, -0.1) is 0 Å². The summed E-state index contributed by atoms with van der Waals surface area (Å²) in [6.07, 6.45) is 9.75. The number of alkyl carbamates (subject to hydrolysis) is 1. The molecule has 19 unspecified atom stereocenters. The first kappa shape index (κ1) is 62.4. The number of methoxy groups -OCH3 is 1. The normalized spacial score (nSPS) is 30.2. The fourth-order valence-electron chi connectivity index (χ4n) is 8.04. The molecule has 0 saturated carbocycles. The van der Waals surface area contributed by atoms with E-state index in [0.717, 1.165) is 0 Å². The van der Waals surface area contributed by atoms with Crippen LogP contribution < -0.4 is 5.32 Å². The Labute approximate surface area is 413 Å². The number of aldehydes is 1. The number of rotatable bonds is 31. The minimum Gasteiger partial charge on any atom is -0.445 e. The third-order valence-electron chi connectivity index (χ3n) is 12.7. The maximum absolute atomic E-state index is 12.4. The third-order valence-corrected chi connectivity index (χ3v) is 12.7. The summed E-state index contributed by atoms with van der Waals surface area (Å²) < 4.78 is 28.6. The van der Waals surface area contributed by atoms with E-state index in [1.165, 1.54) is 13.0 Å². The molecular formula is C52H83NO17. The van der Waals surface area contributed by atoms with Crippen molar-refractivity contribution in [3.63, 3.8) is 0 Å². The standard InChI is InChI=1S/C52H83NO17/c1-8-27-67-51(64)53-46-48(62)37(6)68-50(49(46)63)69-41(22-20-18-16-14-12-10-9-11-13-15-17-19-21-33(2)47(61)34(3)36(5)66-7)30-45-35(4)44(60)32-52(65,70-45)31-40(57)29-43(59)42(58)24-23-38(55)28-39(56)25-26-54/h8-22,26,33-50,55-63,65H,1,23-25,27-32H2,2-7H3,(H,53,64)/b10-9+,13-11+,14-12+,17-15+,18-16+,21-19+,22-20+. The molecule has 0 aromatic heterocycles. The number of carbonyl (C=O) groups is 2. The molecular weight excluding hydrogens is 911 g/mol. The molecule has 2 aliphatic rings. The molecule has 2 heterocycles. The maximum Gasteiger partial charge on any atom is 0.407 e. The van der Waals surface area contributed by atoms with Crippen LogP contribution in [-0.2, 0) is 28.5 Å². The molecule has 0 aromatic carbocycles. The molecule has 18 heteroatoms. The van der Waals surface area contributed by atoms with Crippen LogP contribution in [0.3, 0.4) is 0 Å². The van der Waals surface area contributed by atoms with Gasteiger partial charge in [0.1, 0.15) is 25.1 Å². The van der Waals surface area contributed by atoms with Crippen LogP contribution in [0.4, 0.5) is 4.79 Å². The fourth-order valence-corrected chi connectivity index (χ4v) is 8.04. The zero-order valence-corrected chi connectivity index (χ0v) is 41.5. The number of hydrogen-bond acceptors (Lipinski definition) is 17. The number of aliphatic hydroxyl groups excluding tert-OH is 9. The van der Waals surface area contributed by atoms with Gasteiger partial charge in [0.05, 0.1) is 73.2 Å². The quantitative estimate of drug-likeness (QED) is 0.0270. The van der Waals surface area contributed by atoms with Crippen LogP contribution in [0.15, 0.2) is 97.7 Å². The highest BCUT2D eigenvalue weighted by Crippen LogP contribution is 2.38. The summed E-state index contributed by atoms with van der Waals surface area (Å²) in [5, 5.41) is 110. The molecule has 2 aliphatic heterocycles. The van der Waals surface area contributed by atoms with Crippen LogP contribution in [0.1, 0.15) is 86.0 Å². The Morgan fingerprint density at radius 3 is 1.96 bits per heavy atom. The molecule has 2 saturated heterocycles. The predicted molar refractivity (Wildman–Crippen MR) is 263 cm³/mol. The lowest BCUT2D eigenvalue weighted by Gasteiger charge is -2.46. The van der Waals surface area contributed by atoms with E-state index < -0.39 is 110 Å². The zero-order valence-electron chi connectivity index (χ0n) is 41.5. The summed E-state index contributed by atoms with van der Waals surface area (Å²) >= 11 is 0. The summed E-state index contributed by atoms with van der Waals surface area (Å²) in [5.74, 6) is -2.72. The summed E-state index contributed by atoms with van der Waals surface area (Å²) in [7, 11) is 1.63. The van der Waals surface area contributed by atoms with Crippen molar-refractivity contribution in [3.05, 3.63) is 97.7 Å². The van der Waals surface area contributed by atoms with Gasteiger partial charge in [-0.2, -0.15) is 0 Å². The van der Waals surface area contributed by atoms with Crippen molar-refractivity contribution in [2.24, 2.45) is 17.8 Å². The minimum atomic E-state index is -2.09. The lowest BCUT2D eigenvalue weighted by molar-refractivity contribution is -0.309. The first-order valence-electron chi connectivity index (χ1n) is 24.2. The van der Waals surface area contributed by atoms with Gasteiger partial charge in [0.25, 0.3) is 0 Å². The van der Waals surface area contributed by atoms with E-state index in [0.29, 0.717) is 6.29 Å². The van der Waals surface area contributed by atoms with Crippen molar-refractivity contribution < 1.29 is 84.3 Å². The van der Waals surface area contributed by atoms with E-state index in [2.05, 4.69) is 11.9 Å². The Hall–Kier alpha value is -3.70. The second kappa shape index (κ2) is 33.1. The number of aliphatic hydroxyl groups is 10. The average molecular weight is 994 g/mol. The molecule has 2 rings (SSSR count). The van der Waals surface area contributed by atoms with Gasteiger partial charge in [0.15, 0.2) is 12.1 Å². The molecule has 0 aliphatic carbocycles. The van der Waals surface area contributed by atoms with Crippen LogP contribution in [0.2, 0.25) is 0 Å². The van der Waals surface area contributed by atoms with Gasteiger partial charge in [0.2, 0.25) is 0 Å². The largest absolute Gasteiger partial charge is 0.445 e. The van der Waals surface area contributed by atoms with Gasteiger partial charge in [-0.1, -0.05) is 118 Å². The van der Waals surface area contributed by atoms with E-state index in [1.54, 1.807) is 44.4 Å². The molecule has 0 bridgehead atoms. The zero-order chi connectivity index (χ0) is 52.4. The van der Waals surface area contributed by atoms with Crippen molar-refractivity contribution >= 4 is 12.4 Å². The Balaban J connectivity index is 2.18. The molecule has 0 aromatic rings. The maximum atomic E-state index is 12.4. The van der Waals surface area contributed by atoms with E-state index in [9.17, 15) is 60.7 Å². The highest BCUT2D eigenvalue weighted by atomic mass is 16.7. The molecule has 398 valence electrons. The fraction of sp³-hybridized carbons (Fsp3) is 0.654. The highest BCUT2D eigenvalue weighted by Gasteiger charge is 2.48. The molecule has 70 heavy (non-hydrogen) atoms. The van der Waals surface area contributed by atoms with Crippen molar-refractivity contribution in [1.29, 1.82) is 0 Å². The van der Waals surface area contributed by atoms with E-state index in [1.807, 2.05) is 75.5 Å². The first-order valence-corrected chi connectivity index (χ1v) is 24.2. The lowest BCUT2D eigenvalue weighted by Crippen LogP contribution is -2.64. The number of allylic oxidation sites excluding steroid dienone is 12. The van der Waals surface area contributed by atoms with Gasteiger partial charge < -0.3 is 84.9 Å². The summed E-state index contributed by atoms with van der Waals surface area (Å²) in [6.45, 7) is 12.5.